The number of carbonyl (C=O) groups is 2. The first-order valence-corrected chi connectivity index (χ1v) is 10.5. The fraction of sp³-hybridized carbons (Fsp3) is 0.440. The summed E-state index contributed by atoms with van der Waals surface area (Å²) in [7, 11) is 0. The van der Waals surface area contributed by atoms with E-state index in [1.165, 1.54) is 10.5 Å². The number of fused-ring (bicyclic) bond motifs is 1. The normalized spacial score (nSPS) is 24.6. The smallest absolute Gasteiger partial charge is 0.237 e. The van der Waals surface area contributed by atoms with Crippen LogP contribution in [0.2, 0.25) is 0 Å². The molecule has 2 fully saturated rings. The van der Waals surface area contributed by atoms with E-state index in [-0.39, 0.29) is 29.1 Å². The van der Waals surface area contributed by atoms with E-state index in [1.807, 2.05) is 24.3 Å². The molecule has 0 aromatic heterocycles. The van der Waals surface area contributed by atoms with Gasteiger partial charge in [0, 0.05) is 0 Å². The van der Waals surface area contributed by atoms with Gasteiger partial charge in [-0.3, -0.25) is 14.5 Å². The molecule has 29 heavy (non-hydrogen) atoms. The Hall–Kier alpha value is -2.62. The molecule has 1 aliphatic heterocycles. The van der Waals surface area contributed by atoms with E-state index in [2.05, 4.69) is 39.8 Å². The highest BCUT2D eigenvalue weighted by Gasteiger charge is 2.49. The molecule has 1 saturated heterocycles. The number of nitrogens with zero attached hydrogens (tertiary/aromatic N) is 1. The summed E-state index contributed by atoms with van der Waals surface area (Å²) < 4.78 is 5.94. The zero-order valence-electron chi connectivity index (χ0n) is 17.6. The molecular formula is C25H29NO3. The highest BCUT2D eigenvalue weighted by molar-refractivity contribution is 6.22. The molecule has 152 valence electrons. The number of rotatable bonds is 3. The number of carbonyl (C=O) groups excluding carboxylic acids is 2. The first kappa shape index (κ1) is 19.7. The summed E-state index contributed by atoms with van der Waals surface area (Å²) in [6.07, 6.45) is 2.66. The van der Waals surface area contributed by atoms with Crippen LogP contribution in [-0.2, 0) is 15.0 Å². The molecule has 0 N–H and O–H groups in total. The lowest BCUT2D eigenvalue weighted by molar-refractivity contribution is -0.122. The highest BCUT2D eigenvalue weighted by atomic mass is 16.5. The molecule has 2 aliphatic rings. The molecule has 0 unspecified atom stereocenters. The van der Waals surface area contributed by atoms with Gasteiger partial charge in [0.2, 0.25) is 11.8 Å². The SMILES string of the molecule is C[C@@H]1CC[C@H]2C(=O)N(c3ccc(Oc4ccc(C(C)(C)C)cc4)cc3)C(=O)[C@H]2C1. The van der Waals surface area contributed by atoms with Crippen molar-refractivity contribution in [3.8, 4) is 11.5 Å². The van der Waals surface area contributed by atoms with E-state index in [1.54, 1.807) is 12.1 Å². The van der Waals surface area contributed by atoms with Gasteiger partial charge in [0.15, 0.2) is 0 Å². The van der Waals surface area contributed by atoms with Crippen molar-refractivity contribution in [3.05, 3.63) is 54.1 Å². The van der Waals surface area contributed by atoms with Gasteiger partial charge in [-0.15, -0.1) is 0 Å². The number of ether oxygens (including phenoxy) is 1. The summed E-state index contributed by atoms with van der Waals surface area (Å²) >= 11 is 0. The third-order valence-electron chi connectivity index (χ3n) is 6.24. The fourth-order valence-corrected chi connectivity index (χ4v) is 4.47. The van der Waals surface area contributed by atoms with Crippen molar-refractivity contribution >= 4 is 17.5 Å². The summed E-state index contributed by atoms with van der Waals surface area (Å²) in [6.45, 7) is 8.70. The number of benzene rings is 2. The van der Waals surface area contributed by atoms with Crippen LogP contribution in [0.3, 0.4) is 0 Å². The Morgan fingerprint density at radius 1 is 0.828 bits per heavy atom. The van der Waals surface area contributed by atoms with Gasteiger partial charge >= 0.3 is 0 Å². The molecule has 0 radical (unpaired) electrons. The van der Waals surface area contributed by atoms with Crippen LogP contribution in [0.25, 0.3) is 0 Å². The standard InChI is InChI=1S/C25H29NO3/c1-16-5-14-21-22(15-16)24(28)26(23(21)27)18-8-12-20(13-9-18)29-19-10-6-17(7-11-19)25(2,3)4/h6-13,16,21-22H,5,14-15H2,1-4H3/t16-,21-,22+/m1/s1. The van der Waals surface area contributed by atoms with E-state index in [9.17, 15) is 9.59 Å². The maximum Gasteiger partial charge on any atom is 0.237 e. The van der Waals surface area contributed by atoms with Gasteiger partial charge in [0.05, 0.1) is 17.5 Å². The highest BCUT2D eigenvalue weighted by Crippen LogP contribution is 2.42. The number of imide groups is 1. The topological polar surface area (TPSA) is 46.6 Å². The molecular weight excluding hydrogens is 362 g/mol. The Morgan fingerprint density at radius 3 is 1.97 bits per heavy atom. The number of hydrogen-bond acceptors (Lipinski definition) is 3. The van der Waals surface area contributed by atoms with Crippen LogP contribution in [0.15, 0.2) is 48.5 Å². The minimum absolute atomic E-state index is 0.0432. The number of hydrogen-bond donors (Lipinski definition) is 0. The third kappa shape index (κ3) is 3.81. The molecule has 1 heterocycles. The number of amides is 2. The zero-order valence-corrected chi connectivity index (χ0v) is 17.6. The second-order valence-electron chi connectivity index (χ2n) is 9.51. The molecule has 1 saturated carbocycles. The molecule has 4 heteroatoms. The van der Waals surface area contributed by atoms with E-state index >= 15 is 0 Å². The quantitative estimate of drug-likeness (QED) is 0.630. The molecule has 0 bridgehead atoms. The van der Waals surface area contributed by atoms with Gasteiger partial charge in [-0.25, -0.2) is 0 Å². The molecule has 2 aromatic carbocycles. The first-order chi connectivity index (χ1) is 13.7. The average molecular weight is 392 g/mol. The van der Waals surface area contributed by atoms with E-state index in [4.69, 9.17) is 4.74 Å². The summed E-state index contributed by atoms with van der Waals surface area (Å²) in [6, 6.07) is 15.3. The second-order valence-corrected chi connectivity index (χ2v) is 9.51. The summed E-state index contributed by atoms with van der Waals surface area (Å²) in [5, 5.41) is 0. The van der Waals surface area contributed by atoms with Crippen LogP contribution in [-0.4, -0.2) is 11.8 Å². The molecule has 1 aliphatic carbocycles. The molecule has 4 nitrogen and oxygen atoms in total. The van der Waals surface area contributed by atoms with Crippen molar-refractivity contribution in [2.24, 2.45) is 17.8 Å². The number of anilines is 1. The second kappa shape index (κ2) is 7.33. The van der Waals surface area contributed by atoms with Crippen LogP contribution < -0.4 is 9.64 Å². The predicted octanol–water partition coefficient (Wildman–Crippen LogP) is 5.70. The Morgan fingerprint density at radius 2 is 1.38 bits per heavy atom. The molecule has 0 spiro atoms. The predicted molar refractivity (Wildman–Crippen MR) is 114 cm³/mol. The fourth-order valence-electron chi connectivity index (χ4n) is 4.47. The van der Waals surface area contributed by atoms with Gasteiger partial charge in [-0.1, -0.05) is 39.8 Å². The van der Waals surface area contributed by atoms with Crippen molar-refractivity contribution in [1.29, 1.82) is 0 Å². The van der Waals surface area contributed by atoms with Crippen molar-refractivity contribution in [2.45, 2.75) is 52.4 Å². The first-order valence-electron chi connectivity index (χ1n) is 10.5. The zero-order chi connectivity index (χ0) is 20.8. The Balaban J connectivity index is 1.48. The Kier molecular flexibility index (Phi) is 4.97. The molecule has 2 aromatic rings. The average Bonchev–Trinajstić information content (AvgIpc) is 2.92. The van der Waals surface area contributed by atoms with Gasteiger partial charge in [0.25, 0.3) is 0 Å². The third-order valence-corrected chi connectivity index (χ3v) is 6.24. The molecule has 4 rings (SSSR count). The maximum atomic E-state index is 12.9. The summed E-state index contributed by atoms with van der Waals surface area (Å²) in [5.41, 5.74) is 1.99. The van der Waals surface area contributed by atoms with Gasteiger partial charge in [0.1, 0.15) is 11.5 Å². The van der Waals surface area contributed by atoms with Crippen LogP contribution >= 0.6 is 0 Å². The lowest BCUT2D eigenvalue weighted by Crippen LogP contribution is -2.30. The molecule has 2 amide bonds. The maximum absolute atomic E-state index is 12.9. The Labute approximate surface area is 172 Å². The van der Waals surface area contributed by atoms with Crippen LogP contribution in [0, 0.1) is 17.8 Å². The van der Waals surface area contributed by atoms with Crippen LogP contribution in [0.1, 0.15) is 52.5 Å². The summed E-state index contributed by atoms with van der Waals surface area (Å²) in [4.78, 5) is 27.1. The van der Waals surface area contributed by atoms with Crippen LogP contribution in [0.4, 0.5) is 5.69 Å². The van der Waals surface area contributed by atoms with E-state index < -0.39 is 0 Å². The van der Waals surface area contributed by atoms with Crippen LogP contribution in [0.5, 0.6) is 11.5 Å². The largest absolute Gasteiger partial charge is 0.457 e. The van der Waals surface area contributed by atoms with Crippen molar-refractivity contribution in [3.63, 3.8) is 0 Å². The lowest BCUT2D eigenvalue weighted by atomic mass is 9.76. The summed E-state index contributed by atoms with van der Waals surface area (Å²) in [5.74, 6) is 1.57. The molecule has 3 atom stereocenters. The monoisotopic (exact) mass is 391 g/mol. The van der Waals surface area contributed by atoms with Gasteiger partial charge in [-0.05, 0) is 72.6 Å². The minimum Gasteiger partial charge on any atom is -0.457 e. The van der Waals surface area contributed by atoms with Gasteiger partial charge in [-0.2, -0.15) is 0 Å². The van der Waals surface area contributed by atoms with Crippen molar-refractivity contribution < 1.29 is 14.3 Å². The van der Waals surface area contributed by atoms with Gasteiger partial charge < -0.3 is 4.74 Å². The van der Waals surface area contributed by atoms with E-state index in [0.717, 1.165) is 25.0 Å². The van der Waals surface area contributed by atoms with E-state index in [0.29, 0.717) is 17.4 Å². The van der Waals surface area contributed by atoms with Crippen molar-refractivity contribution in [1.82, 2.24) is 0 Å². The lowest BCUT2D eigenvalue weighted by Gasteiger charge is -2.25. The minimum atomic E-state index is -0.150. The Bertz CT molecular complexity index is 909. The van der Waals surface area contributed by atoms with Crippen molar-refractivity contribution in [2.75, 3.05) is 4.90 Å².